The van der Waals surface area contributed by atoms with E-state index in [-0.39, 0.29) is 5.91 Å². The Labute approximate surface area is 159 Å². The summed E-state index contributed by atoms with van der Waals surface area (Å²) in [6, 6.07) is 18.1. The molecule has 0 bridgehead atoms. The van der Waals surface area contributed by atoms with E-state index in [0.29, 0.717) is 30.4 Å². The highest BCUT2D eigenvalue weighted by atomic mass is 16.1. The quantitative estimate of drug-likeness (QED) is 0.699. The maximum absolute atomic E-state index is 12.5. The zero-order chi connectivity index (χ0) is 19.2. The second kappa shape index (κ2) is 8.45. The van der Waals surface area contributed by atoms with Crippen LogP contribution in [0.2, 0.25) is 0 Å². The van der Waals surface area contributed by atoms with E-state index in [4.69, 9.17) is 0 Å². The number of nitrogens with one attached hydrogen (secondary N) is 2. The number of nitrogens with zero attached hydrogens (tertiary/aromatic N) is 2. The number of carbonyl (C=O) groups excluding carboxylic acids is 1. The van der Waals surface area contributed by atoms with E-state index < -0.39 is 0 Å². The number of aryl methyl sites for hydroxylation is 3. The number of anilines is 1. The molecule has 0 aliphatic rings. The predicted octanol–water partition coefficient (Wildman–Crippen LogP) is 3.94. The number of benzene rings is 2. The largest absolute Gasteiger partial charge is 0.366 e. The third kappa shape index (κ3) is 5.38. The Hall–Kier alpha value is -3.21. The van der Waals surface area contributed by atoms with Gasteiger partial charge in [0.25, 0.3) is 5.91 Å². The number of hydrogen-bond acceptors (Lipinski definition) is 4. The van der Waals surface area contributed by atoms with Crippen LogP contribution >= 0.6 is 0 Å². The number of aromatic nitrogens is 2. The summed E-state index contributed by atoms with van der Waals surface area (Å²) in [7, 11) is 0. The van der Waals surface area contributed by atoms with Gasteiger partial charge in [-0.1, -0.05) is 59.7 Å². The molecule has 3 aromatic rings. The molecule has 0 aliphatic carbocycles. The Kier molecular flexibility index (Phi) is 5.81. The predicted molar refractivity (Wildman–Crippen MR) is 108 cm³/mol. The van der Waals surface area contributed by atoms with Crippen molar-refractivity contribution in [1.29, 1.82) is 0 Å². The van der Waals surface area contributed by atoms with Crippen LogP contribution in [0.25, 0.3) is 0 Å². The average molecular weight is 360 g/mol. The van der Waals surface area contributed by atoms with E-state index in [2.05, 4.69) is 51.8 Å². The Morgan fingerprint density at radius 1 is 0.815 bits per heavy atom. The minimum atomic E-state index is -0.209. The van der Waals surface area contributed by atoms with Gasteiger partial charge in [0.1, 0.15) is 17.3 Å². The van der Waals surface area contributed by atoms with Gasteiger partial charge in [-0.05, 0) is 31.9 Å². The first-order valence-electron chi connectivity index (χ1n) is 8.98. The highest BCUT2D eigenvalue weighted by molar-refractivity contribution is 5.92. The normalized spacial score (nSPS) is 10.5. The average Bonchev–Trinajstić information content (AvgIpc) is 2.66. The fourth-order valence-corrected chi connectivity index (χ4v) is 2.65. The molecule has 2 N–H and O–H groups in total. The fraction of sp³-hybridized carbons (Fsp3) is 0.227. The lowest BCUT2D eigenvalue weighted by Crippen LogP contribution is -2.24. The van der Waals surface area contributed by atoms with Crippen LogP contribution in [0.15, 0.2) is 54.6 Å². The summed E-state index contributed by atoms with van der Waals surface area (Å²) in [4.78, 5) is 21.1. The molecule has 3 rings (SSSR count). The SMILES string of the molecule is Cc1ccc(CNC(=O)c2cc(NCc3ccc(C)cc3)nc(C)n2)cc1. The third-order valence-corrected chi connectivity index (χ3v) is 4.24. The van der Waals surface area contributed by atoms with Gasteiger partial charge < -0.3 is 10.6 Å². The highest BCUT2D eigenvalue weighted by Gasteiger charge is 2.10. The Bertz CT molecular complexity index is 918. The first kappa shape index (κ1) is 18.6. The van der Waals surface area contributed by atoms with Crippen molar-refractivity contribution in [1.82, 2.24) is 15.3 Å². The van der Waals surface area contributed by atoms with Crippen LogP contribution in [-0.4, -0.2) is 15.9 Å². The molecule has 0 aliphatic heterocycles. The van der Waals surface area contributed by atoms with Gasteiger partial charge in [0.2, 0.25) is 0 Å². The molecule has 0 spiro atoms. The topological polar surface area (TPSA) is 66.9 Å². The van der Waals surface area contributed by atoms with Crippen molar-refractivity contribution < 1.29 is 4.79 Å². The second-order valence-electron chi connectivity index (χ2n) is 6.69. The minimum absolute atomic E-state index is 0.209. The van der Waals surface area contributed by atoms with E-state index in [1.807, 2.05) is 31.2 Å². The van der Waals surface area contributed by atoms with Crippen molar-refractivity contribution in [2.75, 3.05) is 5.32 Å². The lowest BCUT2D eigenvalue weighted by molar-refractivity contribution is 0.0945. The summed E-state index contributed by atoms with van der Waals surface area (Å²) in [5.74, 6) is 0.993. The van der Waals surface area contributed by atoms with Crippen LogP contribution in [-0.2, 0) is 13.1 Å². The lowest BCUT2D eigenvalue weighted by atomic mass is 10.1. The molecular weight excluding hydrogens is 336 g/mol. The maximum atomic E-state index is 12.5. The summed E-state index contributed by atoms with van der Waals surface area (Å²) < 4.78 is 0. The van der Waals surface area contributed by atoms with Gasteiger partial charge in [-0.15, -0.1) is 0 Å². The molecule has 1 heterocycles. The van der Waals surface area contributed by atoms with Crippen LogP contribution in [0.5, 0.6) is 0 Å². The number of amides is 1. The monoisotopic (exact) mass is 360 g/mol. The molecule has 2 aromatic carbocycles. The Balaban J connectivity index is 1.63. The van der Waals surface area contributed by atoms with E-state index in [9.17, 15) is 4.79 Å². The molecule has 1 amide bonds. The van der Waals surface area contributed by atoms with Gasteiger partial charge in [-0.2, -0.15) is 0 Å². The molecule has 0 saturated heterocycles. The van der Waals surface area contributed by atoms with Crippen LogP contribution in [0.4, 0.5) is 5.82 Å². The summed E-state index contributed by atoms with van der Waals surface area (Å²) in [6.07, 6.45) is 0. The van der Waals surface area contributed by atoms with Crippen molar-refractivity contribution >= 4 is 11.7 Å². The number of carbonyl (C=O) groups is 1. The third-order valence-electron chi connectivity index (χ3n) is 4.24. The number of rotatable bonds is 6. The van der Waals surface area contributed by atoms with Gasteiger partial charge in [0, 0.05) is 19.2 Å². The molecule has 0 unspecified atom stereocenters. The van der Waals surface area contributed by atoms with Crippen molar-refractivity contribution in [2.45, 2.75) is 33.9 Å². The van der Waals surface area contributed by atoms with E-state index in [1.54, 1.807) is 13.0 Å². The van der Waals surface area contributed by atoms with Gasteiger partial charge in [-0.3, -0.25) is 4.79 Å². The standard InChI is InChI=1S/C22H24N4O/c1-15-4-8-18(9-5-15)13-23-21-12-20(25-17(3)26-21)22(27)24-14-19-10-6-16(2)7-11-19/h4-12H,13-14H2,1-3H3,(H,24,27)(H,23,25,26). The molecule has 5 nitrogen and oxygen atoms in total. The molecule has 138 valence electrons. The first-order valence-corrected chi connectivity index (χ1v) is 8.98. The van der Waals surface area contributed by atoms with Crippen molar-refractivity contribution in [3.8, 4) is 0 Å². The van der Waals surface area contributed by atoms with Crippen LogP contribution in [0.1, 0.15) is 38.6 Å². The Morgan fingerprint density at radius 2 is 1.37 bits per heavy atom. The van der Waals surface area contributed by atoms with E-state index >= 15 is 0 Å². The molecule has 1 aromatic heterocycles. The smallest absolute Gasteiger partial charge is 0.270 e. The zero-order valence-electron chi connectivity index (χ0n) is 15.9. The summed E-state index contributed by atoms with van der Waals surface area (Å²) >= 11 is 0. The van der Waals surface area contributed by atoms with Crippen LogP contribution < -0.4 is 10.6 Å². The summed E-state index contributed by atoms with van der Waals surface area (Å²) in [6.45, 7) is 6.99. The highest BCUT2D eigenvalue weighted by Crippen LogP contribution is 2.11. The first-order chi connectivity index (χ1) is 13.0. The minimum Gasteiger partial charge on any atom is -0.366 e. The summed E-state index contributed by atoms with van der Waals surface area (Å²) in [5.41, 5.74) is 4.99. The number of hydrogen-bond donors (Lipinski definition) is 2. The van der Waals surface area contributed by atoms with E-state index in [1.165, 1.54) is 11.1 Å². The van der Waals surface area contributed by atoms with Crippen molar-refractivity contribution in [2.24, 2.45) is 0 Å². The molecule has 0 saturated carbocycles. The fourth-order valence-electron chi connectivity index (χ4n) is 2.65. The molecule has 5 heteroatoms. The van der Waals surface area contributed by atoms with Crippen LogP contribution in [0.3, 0.4) is 0 Å². The molecule has 27 heavy (non-hydrogen) atoms. The second-order valence-corrected chi connectivity index (χ2v) is 6.69. The van der Waals surface area contributed by atoms with Gasteiger partial charge in [0.15, 0.2) is 0 Å². The molecular formula is C22H24N4O. The molecule has 0 atom stereocenters. The van der Waals surface area contributed by atoms with Crippen molar-refractivity contribution in [3.63, 3.8) is 0 Å². The van der Waals surface area contributed by atoms with Gasteiger partial charge >= 0.3 is 0 Å². The lowest BCUT2D eigenvalue weighted by Gasteiger charge is -2.10. The van der Waals surface area contributed by atoms with Gasteiger partial charge in [0.05, 0.1) is 0 Å². The molecule has 0 radical (unpaired) electrons. The van der Waals surface area contributed by atoms with Gasteiger partial charge in [-0.25, -0.2) is 9.97 Å². The molecule has 0 fully saturated rings. The maximum Gasteiger partial charge on any atom is 0.270 e. The van der Waals surface area contributed by atoms with Crippen LogP contribution in [0, 0.1) is 20.8 Å². The zero-order valence-corrected chi connectivity index (χ0v) is 15.9. The Morgan fingerprint density at radius 3 is 1.96 bits per heavy atom. The van der Waals surface area contributed by atoms with Crippen molar-refractivity contribution in [3.05, 3.63) is 88.4 Å². The summed E-state index contributed by atoms with van der Waals surface area (Å²) in [5, 5.41) is 6.18. The van der Waals surface area contributed by atoms with E-state index in [0.717, 1.165) is 11.1 Å².